The third-order valence-corrected chi connectivity index (χ3v) is 5.33. The zero-order chi connectivity index (χ0) is 40.7. The third-order valence-electron chi connectivity index (χ3n) is 5.33. The lowest BCUT2D eigenvalue weighted by Crippen LogP contribution is -2.78. The lowest BCUT2D eigenvalue weighted by Gasteiger charge is -2.47. The molecule has 0 aliphatic rings. The van der Waals surface area contributed by atoms with Gasteiger partial charge in [-0.1, -0.05) is 0 Å². The van der Waals surface area contributed by atoms with Crippen LogP contribution in [0.4, 0.5) is 136 Å². The van der Waals surface area contributed by atoms with Crippen molar-refractivity contribution in [2.75, 3.05) is 6.57 Å². The Hall–Kier alpha value is -2.19. The van der Waals surface area contributed by atoms with E-state index in [2.05, 4.69) is 0 Å². The molecule has 0 saturated carbocycles. The summed E-state index contributed by atoms with van der Waals surface area (Å²) in [5.74, 6) is -92.6. The normalized spacial score (nSPS) is 16.7. The molecule has 0 unspecified atom stereocenters. The van der Waals surface area contributed by atoms with Crippen LogP contribution in [0, 0.1) is 0 Å². The van der Waals surface area contributed by atoms with E-state index in [1.54, 1.807) is 0 Å². The van der Waals surface area contributed by atoms with E-state index in [9.17, 15) is 136 Å². The van der Waals surface area contributed by atoms with E-state index in [0.29, 0.717) is 0 Å². The molecule has 0 aromatic heterocycles. The van der Waals surface area contributed by atoms with E-state index in [0.717, 1.165) is 0 Å². The van der Waals surface area contributed by atoms with Gasteiger partial charge in [-0.05, 0) is 0 Å². The average molecular weight is 814 g/mol. The molecule has 0 fully saturated rings. The highest BCUT2D eigenvalue weighted by atomic mass is 19.5. The Morgan fingerprint density at radius 1 is 0.265 bits per heavy atom. The molecule has 0 bridgehead atoms. The Balaban J connectivity index is 8.31. The van der Waals surface area contributed by atoms with Crippen molar-refractivity contribution >= 4 is 7.12 Å². The van der Waals surface area contributed by atoms with Gasteiger partial charge in [-0.25, -0.2) is 0 Å². The fraction of sp³-hybridized carbons (Fsp3) is 1.00. The van der Waals surface area contributed by atoms with Gasteiger partial charge in [-0.3, -0.25) is 4.39 Å². The average Bonchev–Trinajstić information content (AvgIpc) is 2.84. The predicted molar refractivity (Wildman–Crippen MR) is 85.4 cm³/mol. The van der Waals surface area contributed by atoms with Crippen LogP contribution in [0.2, 0.25) is 0 Å². The standard InChI is InChI=1S/C15H2BF31O2/c17-1-16(48-10(34,2(18,19)6(26,27)12(36,37)38)3(20,21)7(28,29)13(39,40)41)49-11(35,4(22,23)8(30,31)14(42,43)44)5(24,25)9(32,33)15(45,46)47/h1H2. The van der Waals surface area contributed by atoms with E-state index in [-0.39, 0.29) is 0 Å². The maximum Gasteiger partial charge on any atom is 0.495 e. The first-order valence-corrected chi connectivity index (χ1v) is 10.2. The molecule has 0 atom stereocenters. The molecular weight excluding hydrogens is 812 g/mol. The van der Waals surface area contributed by atoms with Gasteiger partial charge in [0.05, 0.1) is 0 Å². The molecule has 294 valence electrons. The Bertz CT molecular complexity index is 991. The van der Waals surface area contributed by atoms with Gasteiger partial charge in [0, 0.05) is 0 Å². The van der Waals surface area contributed by atoms with Crippen molar-refractivity contribution in [1.82, 2.24) is 0 Å². The van der Waals surface area contributed by atoms with Crippen molar-refractivity contribution in [3.05, 3.63) is 0 Å². The Kier molecular flexibility index (Phi) is 11.4. The second-order valence-electron chi connectivity index (χ2n) is 8.60. The number of hydrogen-bond donors (Lipinski definition) is 0. The summed E-state index contributed by atoms with van der Waals surface area (Å²) in [4.78, 5) is 0. The van der Waals surface area contributed by atoms with E-state index < -0.39 is 97.5 Å². The van der Waals surface area contributed by atoms with Crippen molar-refractivity contribution in [2.45, 2.75) is 83.8 Å². The summed E-state index contributed by atoms with van der Waals surface area (Å²) in [7, 11) is -6.55. The molecule has 49 heavy (non-hydrogen) atoms. The second-order valence-corrected chi connectivity index (χ2v) is 8.60. The molecule has 0 heterocycles. The van der Waals surface area contributed by atoms with Crippen LogP contribution in [-0.4, -0.2) is 97.5 Å². The summed E-state index contributed by atoms with van der Waals surface area (Å²) in [6.45, 7) is -4.65. The van der Waals surface area contributed by atoms with Crippen LogP contribution in [-0.2, 0) is 9.31 Å². The summed E-state index contributed by atoms with van der Waals surface area (Å²) in [5.41, 5.74) is 0. The molecule has 0 rings (SSSR count). The second kappa shape index (κ2) is 11.9. The molecule has 0 aromatic rings. The Morgan fingerprint density at radius 3 is 0.510 bits per heavy atom. The minimum atomic E-state index is -9.43. The maximum atomic E-state index is 14.8. The molecule has 0 saturated heterocycles. The van der Waals surface area contributed by atoms with Crippen LogP contribution in [0.5, 0.6) is 0 Å². The summed E-state index contributed by atoms with van der Waals surface area (Å²) in [5, 5.41) is 0. The first-order chi connectivity index (χ1) is 20.6. The first kappa shape index (κ1) is 46.8. The van der Waals surface area contributed by atoms with Gasteiger partial charge >= 0.3 is 90.9 Å². The SMILES string of the molecule is FCB(OC(F)(C(F)(F)C(F)(F)C(F)(F)F)C(F)(F)C(F)(F)C(F)(F)F)OC(F)(C(F)(F)C(F)(F)C(F)(F)F)C(F)(F)C(F)(F)C(F)(F)F. The van der Waals surface area contributed by atoms with Crippen LogP contribution in [0.25, 0.3) is 0 Å². The highest BCUT2D eigenvalue weighted by Crippen LogP contribution is 2.65. The van der Waals surface area contributed by atoms with Crippen LogP contribution >= 0.6 is 0 Å². The topological polar surface area (TPSA) is 18.5 Å². The van der Waals surface area contributed by atoms with E-state index >= 15 is 0 Å². The quantitative estimate of drug-likeness (QED) is 0.136. The number of halogens is 31. The maximum absolute atomic E-state index is 14.8. The zero-order valence-corrected chi connectivity index (χ0v) is 20.8. The van der Waals surface area contributed by atoms with Crippen LogP contribution in [0.1, 0.15) is 0 Å². The summed E-state index contributed by atoms with van der Waals surface area (Å²) in [6, 6.07) is 0. The minimum Gasteiger partial charge on any atom is -0.368 e. The molecule has 0 amide bonds. The monoisotopic (exact) mass is 814 g/mol. The predicted octanol–water partition coefficient (Wildman–Crippen LogP) is 9.68. The molecule has 34 heteroatoms. The lowest BCUT2D eigenvalue weighted by molar-refractivity contribution is -0.482. The van der Waals surface area contributed by atoms with E-state index in [4.69, 9.17) is 0 Å². The molecule has 0 aromatic carbocycles. The fourth-order valence-electron chi connectivity index (χ4n) is 2.66. The third kappa shape index (κ3) is 6.34. The summed E-state index contributed by atoms with van der Waals surface area (Å²) in [6.07, 6.45) is -34.0. The van der Waals surface area contributed by atoms with Gasteiger partial charge in [0.25, 0.3) is 0 Å². The van der Waals surface area contributed by atoms with Gasteiger partial charge in [0.1, 0.15) is 6.57 Å². The first-order valence-electron chi connectivity index (χ1n) is 10.2. The van der Waals surface area contributed by atoms with Gasteiger partial charge < -0.3 is 9.31 Å². The largest absolute Gasteiger partial charge is 0.495 e. The number of rotatable bonds is 13. The Labute approximate surface area is 244 Å². The highest BCUT2D eigenvalue weighted by molar-refractivity contribution is 6.44. The molecular formula is C15H2BF31O2. The zero-order valence-electron chi connectivity index (χ0n) is 20.8. The van der Waals surface area contributed by atoms with Crippen LogP contribution < -0.4 is 0 Å². The van der Waals surface area contributed by atoms with Gasteiger partial charge in [-0.2, -0.15) is 132 Å². The van der Waals surface area contributed by atoms with Crippen molar-refractivity contribution in [1.29, 1.82) is 0 Å². The molecule has 0 spiro atoms. The summed E-state index contributed by atoms with van der Waals surface area (Å²) < 4.78 is 413. The summed E-state index contributed by atoms with van der Waals surface area (Å²) >= 11 is 0. The molecule has 0 aliphatic heterocycles. The number of alkyl halides is 31. The Morgan fingerprint density at radius 2 is 0.408 bits per heavy atom. The molecule has 0 N–H and O–H groups in total. The van der Waals surface area contributed by atoms with E-state index in [1.165, 1.54) is 9.31 Å². The van der Waals surface area contributed by atoms with Crippen molar-refractivity contribution in [2.24, 2.45) is 0 Å². The van der Waals surface area contributed by atoms with Gasteiger partial charge in [-0.15, -0.1) is 0 Å². The van der Waals surface area contributed by atoms with Gasteiger partial charge in [0.2, 0.25) is 0 Å². The van der Waals surface area contributed by atoms with Crippen molar-refractivity contribution in [3.8, 4) is 0 Å². The lowest BCUT2D eigenvalue weighted by atomic mass is 9.84. The van der Waals surface area contributed by atoms with Crippen LogP contribution in [0.15, 0.2) is 0 Å². The van der Waals surface area contributed by atoms with Crippen molar-refractivity contribution < 1.29 is 145 Å². The molecule has 0 aliphatic carbocycles. The highest BCUT2D eigenvalue weighted by Gasteiger charge is 2.96. The van der Waals surface area contributed by atoms with Crippen LogP contribution in [0.3, 0.4) is 0 Å². The minimum absolute atomic E-state index is 1.48. The van der Waals surface area contributed by atoms with Gasteiger partial charge in [0.15, 0.2) is 0 Å². The molecule has 2 nitrogen and oxygen atoms in total. The fourth-order valence-corrected chi connectivity index (χ4v) is 2.66. The number of hydrogen-bond acceptors (Lipinski definition) is 2. The van der Waals surface area contributed by atoms with E-state index in [1.807, 2.05) is 0 Å². The molecule has 0 radical (unpaired) electrons. The smallest absolute Gasteiger partial charge is 0.368 e. The van der Waals surface area contributed by atoms with Crippen molar-refractivity contribution in [3.63, 3.8) is 0 Å².